The highest BCUT2D eigenvalue weighted by Gasteiger charge is 2.35. The van der Waals surface area contributed by atoms with E-state index in [2.05, 4.69) is 50.8 Å². The van der Waals surface area contributed by atoms with Crippen LogP contribution in [0.3, 0.4) is 0 Å². The summed E-state index contributed by atoms with van der Waals surface area (Å²) in [5, 5.41) is 0. The van der Waals surface area contributed by atoms with Crippen molar-refractivity contribution >= 4 is 5.91 Å². The number of carbonyl (C=O) groups is 1. The van der Waals surface area contributed by atoms with Crippen LogP contribution in [0.5, 0.6) is 0 Å². The maximum Gasteiger partial charge on any atom is 0.249 e. The molecule has 0 aromatic heterocycles. The minimum atomic E-state index is 0.246. The number of hydrogen-bond acceptors (Lipinski definition) is 1. The van der Waals surface area contributed by atoms with Crippen molar-refractivity contribution in [1.29, 1.82) is 0 Å². The molecule has 25 heavy (non-hydrogen) atoms. The molecule has 1 fully saturated rings. The number of carbonyl (C=O) groups excluding carboxylic acids is 1. The summed E-state index contributed by atoms with van der Waals surface area (Å²) in [4.78, 5) is 14.7. The first-order chi connectivity index (χ1) is 12.0. The third-order valence-electron chi connectivity index (χ3n) is 6.09. The monoisotopic (exact) mass is 337 g/mol. The standard InChI is InChI=1S/C23H31NO/c1-18-8-7-15-23(2,3)21(18)12-11-20-14-17-24(22(20)25)16-13-19-9-5-4-6-10-19/h4-6,9-10,14,21H,1,7-8,11-13,15-17H2,2-3H3/t21-/m1/s1. The number of nitrogens with zero attached hydrogens (tertiary/aromatic N) is 1. The van der Waals surface area contributed by atoms with Gasteiger partial charge in [0.25, 0.3) is 0 Å². The number of hydrogen-bond donors (Lipinski definition) is 0. The van der Waals surface area contributed by atoms with Crippen LogP contribution in [0.15, 0.2) is 54.1 Å². The molecule has 1 atom stereocenters. The highest BCUT2D eigenvalue weighted by atomic mass is 16.2. The molecule has 1 amide bonds. The van der Waals surface area contributed by atoms with Gasteiger partial charge in [0.2, 0.25) is 5.91 Å². The zero-order valence-corrected chi connectivity index (χ0v) is 15.8. The van der Waals surface area contributed by atoms with E-state index >= 15 is 0 Å². The van der Waals surface area contributed by atoms with Crippen molar-refractivity contribution in [1.82, 2.24) is 4.90 Å². The molecule has 0 saturated heterocycles. The lowest BCUT2D eigenvalue weighted by Gasteiger charge is -2.40. The van der Waals surface area contributed by atoms with Crippen molar-refractivity contribution in [3.8, 4) is 0 Å². The molecular weight excluding hydrogens is 306 g/mol. The lowest BCUT2D eigenvalue weighted by atomic mass is 9.65. The van der Waals surface area contributed by atoms with Crippen molar-refractivity contribution in [2.45, 2.75) is 52.4 Å². The van der Waals surface area contributed by atoms with Crippen LogP contribution in [0.2, 0.25) is 0 Å². The largest absolute Gasteiger partial charge is 0.335 e. The van der Waals surface area contributed by atoms with Crippen LogP contribution in [-0.2, 0) is 11.2 Å². The molecule has 0 N–H and O–H groups in total. The average Bonchev–Trinajstić information content (AvgIpc) is 2.93. The summed E-state index contributed by atoms with van der Waals surface area (Å²) in [7, 11) is 0. The van der Waals surface area contributed by atoms with E-state index in [-0.39, 0.29) is 5.91 Å². The van der Waals surface area contributed by atoms with Gasteiger partial charge in [0.15, 0.2) is 0 Å². The molecule has 2 heteroatoms. The summed E-state index contributed by atoms with van der Waals surface area (Å²) < 4.78 is 0. The Bertz CT molecular complexity index is 656. The Morgan fingerprint density at radius 1 is 1.20 bits per heavy atom. The van der Waals surface area contributed by atoms with Gasteiger partial charge < -0.3 is 4.90 Å². The topological polar surface area (TPSA) is 20.3 Å². The predicted molar refractivity (Wildman–Crippen MR) is 104 cm³/mol. The van der Waals surface area contributed by atoms with Gasteiger partial charge in [-0.25, -0.2) is 0 Å². The van der Waals surface area contributed by atoms with Crippen molar-refractivity contribution in [3.63, 3.8) is 0 Å². The molecular formula is C23H31NO. The van der Waals surface area contributed by atoms with Crippen LogP contribution in [0.4, 0.5) is 0 Å². The summed E-state index contributed by atoms with van der Waals surface area (Å²) >= 11 is 0. The van der Waals surface area contributed by atoms with Gasteiger partial charge in [-0.2, -0.15) is 0 Å². The zero-order chi connectivity index (χ0) is 17.9. The molecule has 134 valence electrons. The third kappa shape index (κ3) is 4.23. The van der Waals surface area contributed by atoms with Crippen molar-refractivity contribution < 1.29 is 4.79 Å². The van der Waals surface area contributed by atoms with Gasteiger partial charge in [0, 0.05) is 18.7 Å². The minimum absolute atomic E-state index is 0.246. The van der Waals surface area contributed by atoms with Crippen LogP contribution in [0.1, 0.15) is 51.5 Å². The van der Waals surface area contributed by atoms with Gasteiger partial charge in [0.05, 0.1) is 0 Å². The number of rotatable bonds is 6. The van der Waals surface area contributed by atoms with Gasteiger partial charge >= 0.3 is 0 Å². The predicted octanol–water partition coefficient (Wildman–Crippen LogP) is 5.16. The Labute approximate surface area is 152 Å². The maximum absolute atomic E-state index is 12.7. The third-order valence-corrected chi connectivity index (χ3v) is 6.09. The molecule has 0 bridgehead atoms. The highest BCUT2D eigenvalue weighted by Crippen LogP contribution is 2.45. The van der Waals surface area contributed by atoms with E-state index < -0.39 is 0 Å². The first-order valence-electron chi connectivity index (χ1n) is 9.67. The van der Waals surface area contributed by atoms with Crippen LogP contribution < -0.4 is 0 Å². The van der Waals surface area contributed by atoms with E-state index in [1.54, 1.807) is 0 Å². The zero-order valence-electron chi connectivity index (χ0n) is 15.8. The van der Waals surface area contributed by atoms with E-state index in [0.29, 0.717) is 11.3 Å². The summed E-state index contributed by atoms with van der Waals surface area (Å²) in [5.74, 6) is 0.795. The molecule has 1 aliphatic heterocycles. The normalized spacial score (nSPS) is 23.0. The highest BCUT2D eigenvalue weighted by molar-refractivity contribution is 5.95. The second-order valence-electron chi connectivity index (χ2n) is 8.31. The fourth-order valence-electron chi connectivity index (χ4n) is 4.47. The van der Waals surface area contributed by atoms with Gasteiger partial charge in [-0.3, -0.25) is 4.79 Å². The van der Waals surface area contributed by atoms with Crippen LogP contribution in [-0.4, -0.2) is 23.9 Å². The second kappa shape index (κ2) is 7.59. The first kappa shape index (κ1) is 18.0. The molecule has 0 spiro atoms. The maximum atomic E-state index is 12.7. The molecule has 1 saturated carbocycles. The summed E-state index contributed by atoms with van der Waals surface area (Å²) in [6, 6.07) is 10.4. The molecule has 3 rings (SSSR count). The molecule has 2 aliphatic rings. The second-order valence-corrected chi connectivity index (χ2v) is 8.31. The lowest BCUT2D eigenvalue weighted by Crippen LogP contribution is -2.31. The van der Waals surface area contributed by atoms with Crippen LogP contribution in [0, 0.1) is 11.3 Å². The lowest BCUT2D eigenvalue weighted by molar-refractivity contribution is -0.125. The van der Waals surface area contributed by atoms with Crippen molar-refractivity contribution in [2.75, 3.05) is 13.1 Å². The minimum Gasteiger partial charge on any atom is -0.335 e. The molecule has 2 nitrogen and oxygen atoms in total. The summed E-state index contributed by atoms with van der Waals surface area (Å²) in [6.07, 6.45) is 8.73. The Morgan fingerprint density at radius 3 is 2.68 bits per heavy atom. The summed E-state index contributed by atoms with van der Waals surface area (Å²) in [5.41, 5.74) is 4.03. The molecule has 1 aliphatic carbocycles. The fourth-order valence-corrected chi connectivity index (χ4v) is 4.47. The fraction of sp³-hybridized carbons (Fsp3) is 0.522. The summed E-state index contributed by atoms with van der Waals surface area (Å²) in [6.45, 7) is 10.6. The number of benzene rings is 1. The molecule has 0 unspecified atom stereocenters. The first-order valence-corrected chi connectivity index (χ1v) is 9.67. The number of amides is 1. The quantitative estimate of drug-likeness (QED) is 0.657. The Morgan fingerprint density at radius 2 is 1.96 bits per heavy atom. The van der Waals surface area contributed by atoms with Gasteiger partial charge in [0.1, 0.15) is 0 Å². The van der Waals surface area contributed by atoms with Crippen molar-refractivity contribution in [2.24, 2.45) is 11.3 Å². The average molecular weight is 338 g/mol. The van der Waals surface area contributed by atoms with Gasteiger partial charge in [-0.05, 0) is 55.4 Å². The Kier molecular flexibility index (Phi) is 5.46. The van der Waals surface area contributed by atoms with Crippen LogP contribution >= 0.6 is 0 Å². The Hall–Kier alpha value is -1.83. The molecule has 1 aromatic carbocycles. The smallest absolute Gasteiger partial charge is 0.249 e. The Balaban J connectivity index is 1.51. The molecule has 1 aromatic rings. The number of allylic oxidation sites excluding steroid dienone is 1. The van der Waals surface area contributed by atoms with E-state index in [4.69, 9.17) is 0 Å². The molecule has 0 radical (unpaired) electrons. The van der Waals surface area contributed by atoms with Crippen LogP contribution in [0.25, 0.3) is 0 Å². The SMILES string of the molecule is C=C1CCCC(C)(C)[C@@H]1CCC1=CCN(CCc2ccccc2)C1=O. The van der Waals surface area contributed by atoms with Gasteiger partial charge in [-0.15, -0.1) is 0 Å². The van der Waals surface area contributed by atoms with E-state index in [9.17, 15) is 4.79 Å². The van der Waals surface area contributed by atoms with Gasteiger partial charge in [-0.1, -0.05) is 62.4 Å². The molecule has 1 heterocycles. The van der Waals surface area contributed by atoms with E-state index in [0.717, 1.165) is 44.3 Å². The van der Waals surface area contributed by atoms with E-state index in [1.165, 1.54) is 24.0 Å². The van der Waals surface area contributed by atoms with Crippen molar-refractivity contribution in [3.05, 3.63) is 59.7 Å². The van der Waals surface area contributed by atoms with E-state index in [1.807, 2.05) is 11.0 Å².